The minimum atomic E-state index is 0.568. The summed E-state index contributed by atoms with van der Waals surface area (Å²) in [4.78, 5) is 0. The van der Waals surface area contributed by atoms with E-state index in [0.717, 1.165) is 17.9 Å². The molecular weight excluding hydrogens is 226 g/mol. The molecule has 0 amide bonds. The van der Waals surface area contributed by atoms with E-state index in [1.165, 1.54) is 12.8 Å². The van der Waals surface area contributed by atoms with Crippen molar-refractivity contribution in [3.05, 3.63) is 29.8 Å². The molecule has 1 aromatic rings. The van der Waals surface area contributed by atoms with Crippen LogP contribution in [-0.4, -0.2) is 26.3 Å². The minimum Gasteiger partial charge on any atom is -0.492 e. The Labute approximate surface area is 110 Å². The quantitative estimate of drug-likeness (QED) is 0.684. The normalized spacial score (nSPS) is 12.4. The molecule has 0 heterocycles. The summed E-state index contributed by atoms with van der Waals surface area (Å²) in [6, 6.07) is 8.61. The predicted octanol–water partition coefficient (Wildman–Crippen LogP) is 2.99. The van der Waals surface area contributed by atoms with E-state index in [0.29, 0.717) is 19.3 Å². The van der Waals surface area contributed by atoms with Gasteiger partial charge in [0.05, 0.1) is 6.61 Å². The van der Waals surface area contributed by atoms with Gasteiger partial charge in [0.25, 0.3) is 0 Å². The van der Waals surface area contributed by atoms with Gasteiger partial charge in [-0.05, 0) is 31.0 Å². The SMILES string of the molecule is CCCC(C)NCCOc1cccc(COC)c1. The van der Waals surface area contributed by atoms with Gasteiger partial charge in [0.1, 0.15) is 12.4 Å². The summed E-state index contributed by atoms with van der Waals surface area (Å²) in [5.74, 6) is 0.912. The lowest BCUT2D eigenvalue weighted by Crippen LogP contribution is -2.29. The fourth-order valence-corrected chi connectivity index (χ4v) is 1.90. The Bertz CT molecular complexity index is 328. The van der Waals surface area contributed by atoms with E-state index in [2.05, 4.69) is 19.2 Å². The van der Waals surface area contributed by atoms with Crippen molar-refractivity contribution in [1.29, 1.82) is 0 Å². The second kappa shape index (κ2) is 8.95. The number of methoxy groups -OCH3 is 1. The smallest absolute Gasteiger partial charge is 0.119 e. The first-order chi connectivity index (χ1) is 8.76. The Balaban J connectivity index is 2.24. The maximum absolute atomic E-state index is 5.70. The molecule has 0 saturated carbocycles. The van der Waals surface area contributed by atoms with Crippen LogP contribution in [-0.2, 0) is 11.3 Å². The van der Waals surface area contributed by atoms with Gasteiger partial charge in [0.15, 0.2) is 0 Å². The topological polar surface area (TPSA) is 30.5 Å². The lowest BCUT2D eigenvalue weighted by Gasteiger charge is -2.13. The van der Waals surface area contributed by atoms with Gasteiger partial charge in [-0.2, -0.15) is 0 Å². The maximum Gasteiger partial charge on any atom is 0.119 e. The molecule has 0 bridgehead atoms. The lowest BCUT2D eigenvalue weighted by molar-refractivity contribution is 0.184. The summed E-state index contributed by atoms with van der Waals surface area (Å²) in [5, 5.41) is 3.44. The van der Waals surface area contributed by atoms with Gasteiger partial charge in [0, 0.05) is 19.7 Å². The van der Waals surface area contributed by atoms with E-state index in [1.54, 1.807) is 7.11 Å². The number of benzene rings is 1. The van der Waals surface area contributed by atoms with Gasteiger partial charge in [-0.3, -0.25) is 0 Å². The zero-order chi connectivity index (χ0) is 13.2. The lowest BCUT2D eigenvalue weighted by atomic mass is 10.2. The van der Waals surface area contributed by atoms with Crippen molar-refractivity contribution in [3.8, 4) is 5.75 Å². The summed E-state index contributed by atoms with van der Waals surface area (Å²) in [7, 11) is 1.70. The fraction of sp³-hybridized carbons (Fsp3) is 0.600. The molecule has 1 unspecified atom stereocenters. The van der Waals surface area contributed by atoms with Gasteiger partial charge in [0.2, 0.25) is 0 Å². The standard InChI is InChI=1S/C15H25NO2/c1-4-6-13(2)16-9-10-18-15-8-5-7-14(11-15)12-17-3/h5,7-8,11,13,16H,4,6,9-10,12H2,1-3H3. The van der Waals surface area contributed by atoms with Crippen molar-refractivity contribution < 1.29 is 9.47 Å². The highest BCUT2D eigenvalue weighted by atomic mass is 16.5. The first-order valence-corrected chi connectivity index (χ1v) is 6.70. The highest BCUT2D eigenvalue weighted by molar-refractivity contribution is 5.28. The van der Waals surface area contributed by atoms with Crippen molar-refractivity contribution >= 4 is 0 Å². The van der Waals surface area contributed by atoms with Crippen LogP contribution < -0.4 is 10.1 Å². The molecule has 0 aliphatic heterocycles. The van der Waals surface area contributed by atoms with Gasteiger partial charge in [-0.15, -0.1) is 0 Å². The Morgan fingerprint density at radius 1 is 1.33 bits per heavy atom. The molecule has 102 valence electrons. The Morgan fingerprint density at radius 2 is 2.17 bits per heavy atom. The molecule has 0 saturated heterocycles. The van der Waals surface area contributed by atoms with E-state index >= 15 is 0 Å². The molecule has 0 radical (unpaired) electrons. The number of ether oxygens (including phenoxy) is 2. The second-order valence-corrected chi connectivity index (χ2v) is 4.57. The average molecular weight is 251 g/mol. The zero-order valence-electron chi connectivity index (χ0n) is 11.7. The first kappa shape index (κ1) is 15.0. The van der Waals surface area contributed by atoms with Crippen molar-refractivity contribution in [2.75, 3.05) is 20.3 Å². The van der Waals surface area contributed by atoms with Crippen LogP contribution in [0.2, 0.25) is 0 Å². The van der Waals surface area contributed by atoms with Crippen molar-refractivity contribution in [3.63, 3.8) is 0 Å². The second-order valence-electron chi connectivity index (χ2n) is 4.57. The van der Waals surface area contributed by atoms with E-state index in [9.17, 15) is 0 Å². The van der Waals surface area contributed by atoms with Crippen molar-refractivity contribution in [1.82, 2.24) is 5.32 Å². The molecule has 0 spiro atoms. The van der Waals surface area contributed by atoms with Crippen LogP contribution in [0.5, 0.6) is 5.75 Å². The van der Waals surface area contributed by atoms with Crippen LogP contribution in [0, 0.1) is 0 Å². The molecule has 0 fully saturated rings. The Hall–Kier alpha value is -1.06. The molecule has 0 aliphatic rings. The average Bonchev–Trinajstić information content (AvgIpc) is 2.36. The van der Waals surface area contributed by atoms with Gasteiger partial charge >= 0.3 is 0 Å². The van der Waals surface area contributed by atoms with Crippen LogP contribution in [0.25, 0.3) is 0 Å². The van der Waals surface area contributed by atoms with Crippen LogP contribution in [0.4, 0.5) is 0 Å². The van der Waals surface area contributed by atoms with Crippen LogP contribution >= 0.6 is 0 Å². The minimum absolute atomic E-state index is 0.568. The summed E-state index contributed by atoms with van der Waals surface area (Å²) in [5.41, 5.74) is 1.14. The zero-order valence-corrected chi connectivity index (χ0v) is 11.7. The van der Waals surface area contributed by atoms with Crippen molar-refractivity contribution in [2.24, 2.45) is 0 Å². The van der Waals surface area contributed by atoms with E-state index in [-0.39, 0.29) is 0 Å². The van der Waals surface area contributed by atoms with Crippen LogP contribution in [0.15, 0.2) is 24.3 Å². The summed E-state index contributed by atoms with van der Waals surface area (Å²) >= 11 is 0. The van der Waals surface area contributed by atoms with Crippen LogP contribution in [0.1, 0.15) is 32.3 Å². The number of rotatable bonds is 9. The monoisotopic (exact) mass is 251 g/mol. The van der Waals surface area contributed by atoms with Gasteiger partial charge in [-0.1, -0.05) is 25.5 Å². The molecule has 1 aromatic carbocycles. The molecule has 1 atom stereocenters. The van der Waals surface area contributed by atoms with Gasteiger partial charge < -0.3 is 14.8 Å². The molecule has 0 aliphatic carbocycles. The predicted molar refractivity (Wildman–Crippen MR) is 75.0 cm³/mol. The third kappa shape index (κ3) is 6.03. The number of nitrogens with one attached hydrogen (secondary N) is 1. The third-order valence-corrected chi connectivity index (χ3v) is 2.79. The largest absolute Gasteiger partial charge is 0.492 e. The highest BCUT2D eigenvalue weighted by Crippen LogP contribution is 2.13. The summed E-state index contributed by atoms with van der Waals surface area (Å²) < 4.78 is 10.8. The van der Waals surface area contributed by atoms with E-state index < -0.39 is 0 Å². The summed E-state index contributed by atoms with van der Waals surface area (Å²) in [6.07, 6.45) is 2.43. The molecular formula is C15H25NO2. The molecule has 3 nitrogen and oxygen atoms in total. The molecule has 18 heavy (non-hydrogen) atoms. The van der Waals surface area contributed by atoms with E-state index in [4.69, 9.17) is 9.47 Å². The Kier molecular flexibility index (Phi) is 7.46. The molecule has 3 heteroatoms. The van der Waals surface area contributed by atoms with Crippen LogP contribution in [0.3, 0.4) is 0 Å². The Morgan fingerprint density at radius 3 is 2.89 bits per heavy atom. The molecule has 1 N–H and O–H groups in total. The third-order valence-electron chi connectivity index (χ3n) is 2.79. The molecule has 1 rings (SSSR count). The number of hydrogen-bond acceptors (Lipinski definition) is 3. The first-order valence-electron chi connectivity index (χ1n) is 6.70. The van der Waals surface area contributed by atoms with Crippen molar-refractivity contribution in [2.45, 2.75) is 39.3 Å². The summed E-state index contributed by atoms with van der Waals surface area (Å²) in [6.45, 7) is 6.63. The number of hydrogen-bond donors (Lipinski definition) is 1. The van der Waals surface area contributed by atoms with Gasteiger partial charge in [-0.25, -0.2) is 0 Å². The van der Waals surface area contributed by atoms with E-state index in [1.807, 2.05) is 24.3 Å². The fourth-order valence-electron chi connectivity index (χ4n) is 1.90. The maximum atomic E-state index is 5.70. The molecule has 0 aromatic heterocycles. The highest BCUT2D eigenvalue weighted by Gasteiger charge is 2.00.